The maximum absolute atomic E-state index is 4.80. The van der Waals surface area contributed by atoms with Gasteiger partial charge in [-0.2, -0.15) is 0 Å². The number of hydrogen-bond acceptors (Lipinski definition) is 2. The molecule has 3 aromatic rings. The van der Waals surface area contributed by atoms with Gasteiger partial charge in [0, 0.05) is 23.8 Å². The van der Waals surface area contributed by atoms with Crippen LogP contribution in [-0.2, 0) is 6.42 Å². The number of nitrogens with zero attached hydrogens (tertiary/aromatic N) is 2. The van der Waals surface area contributed by atoms with Crippen molar-refractivity contribution in [2.45, 2.75) is 38.5 Å². The normalized spacial score (nSPS) is 18.0. The lowest BCUT2D eigenvalue weighted by molar-refractivity contribution is 0.716. The second-order valence-electron chi connectivity index (χ2n) is 7.77. The minimum absolute atomic E-state index is 0.259. The van der Waals surface area contributed by atoms with Gasteiger partial charge in [0.1, 0.15) is 5.82 Å². The minimum Gasteiger partial charge on any atom is -0.345 e. The number of aryl methyl sites for hydroxylation is 1. The SMILES string of the molecule is C=C(C1CC1)N1CCCc2cc(C(C)c3nc4ccccc4[nH]3)ccc21. The Balaban J connectivity index is 1.47. The van der Waals surface area contributed by atoms with Crippen LogP contribution >= 0.6 is 0 Å². The molecule has 3 heteroatoms. The van der Waals surface area contributed by atoms with E-state index in [0.717, 1.165) is 35.7 Å². The Morgan fingerprint density at radius 3 is 2.88 bits per heavy atom. The van der Waals surface area contributed by atoms with E-state index in [1.54, 1.807) is 0 Å². The molecule has 1 fully saturated rings. The van der Waals surface area contributed by atoms with Crippen molar-refractivity contribution in [3.63, 3.8) is 0 Å². The fourth-order valence-corrected chi connectivity index (χ4v) is 4.16. The van der Waals surface area contributed by atoms with Crippen molar-refractivity contribution in [2.24, 2.45) is 5.92 Å². The number of para-hydroxylation sites is 2. The van der Waals surface area contributed by atoms with E-state index in [1.165, 1.54) is 41.8 Å². The summed E-state index contributed by atoms with van der Waals surface area (Å²) >= 11 is 0. The predicted molar refractivity (Wildman–Crippen MR) is 108 cm³/mol. The maximum atomic E-state index is 4.80. The summed E-state index contributed by atoms with van der Waals surface area (Å²) in [5, 5.41) is 0. The fourth-order valence-electron chi connectivity index (χ4n) is 4.16. The van der Waals surface area contributed by atoms with Gasteiger partial charge in [-0.1, -0.05) is 37.8 Å². The Hall–Kier alpha value is -2.55. The van der Waals surface area contributed by atoms with Crippen LogP contribution < -0.4 is 4.90 Å². The third kappa shape index (κ3) is 2.63. The molecule has 1 aromatic heterocycles. The highest BCUT2D eigenvalue weighted by Gasteiger charge is 2.31. The summed E-state index contributed by atoms with van der Waals surface area (Å²) in [4.78, 5) is 10.7. The van der Waals surface area contributed by atoms with Gasteiger partial charge in [-0.05, 0) is 60.9 Å². The van der Waals surface area contributed by atoms with Crippen LogP contribution in [0.25, 0.3) is 11.0 Å². The summed E-state index contributed by atoms with van der Waals surface area (Å²) in [5.41, 5.74) is 7.64. The average molecular weight is 343 g/mol. The standard InChI is InChI=1S/C23H25N3/c1-15(23-24-20-7-3-4-8-21(20)25-23)18-11-12-22-19(14-18)6-5-13-26(22)16(2)17-9-10-17/h3-4,7-8,11-12,14-15,17H,2,5-6,9-10,13H2,1H3,(H,24,25). The Labute approximate surface area is 154 Å². The van der Waals surface area contributed by atoms with Crippen molar-refractivity contribution in [1.29, 1.82) is 0 Å². The number of allylic oxidation sites excluding steroid dienone is 1. The van der Waals surface area contributed by atoms with Crippen LogP contribution in [0, 0.1) is 5.92 Å². The lowest BCUT2D eigenvalue weighted by Crippen LogP contribution is -2.29. The van der Waals surface area contributed by atoms with Crippen molar-refractivity contribution < 1.29 is 0 Å². The molecule has 5 rings (SSSR count). The first-order valence-electron chi connectivity index (χ1n) is 9.74. The Morgan fingerprint density at radius 1 is 1.23 bits per heavy atom. The van der Waals surface area contributed by atoms with Crippen LogP contribution in [0.15, 0.2) is 54.7 Å². The predicted octanol–water partition coefficient (Wildman–Crippen LogP) is 5.39. The minimum atomic E-state index is 0.259. The van der Waals surface area contributed by atoms with Crippen molar-refractivity contribution in [1.82, 2.24) is 9.97 Å². The molecule has 2 aliphatic rings. The van der Waals surface area contributed by atoms with Gasteiger partial charge in [-0.15, -0.1) is 0 Å². The van der Waals surface area contributed by atoms with Crippen molar-refractivity contribution >= 4 is 16.7 Å². The molecule has 3 nitrogen and oxygen atoms in total. The third-order valence-corrected chi connectivity index (χ3v) is 5.94. The van der Waals surface area contributed by atoms with Crippen LogP contribution in [0.5, 0.6) is 0 Å². The molecule has 26 heavy (non-hydrogen) atoms. The quantitative estimate of drug-likeness (QED) is 0.688. The van der Waals surface area contributed by atoms with Crippen LogP contribution in [-0.4, -0.2) is 16.5 Å². The topological polar surface area (TPSA) is 31.9 Å². The van der Waals surface area contributed by atoms with E-state index in [4.69, 9.17) is 4.98 Å². The molecular weight excluding hydrogens is 318 g/mol. The Kier molecular flexibility index (Phi) is 3.63. The zero-order valence-electron chi connectivity index (χ0n) is 15.3. The van der Waals surface area contributed by atoms with Crippen LogP contribution in [0.3, 0.4) is 0 Å². The number of benzene rings is 2. The smallest absolute Gasteiger partial charge is 0.114 e. The summed E-state index contributed by atoms with van der Waals surface area (Å²) < 4.78 is 0. The molecule has 1 unspecified atom stereocenters. The summed E-state index contributed by atoms with van der Waals surface area (Å²) in [6.07, 6.45) is 4.99. The van der Waals surface area contributed by atoms with E-state index in [9.17, 15) is 0 Å². The highest BCUT2D eigenvalue weighted by atomic mass is 15.2. The molecule has 0 saturated heterocycles. The first kappa shape index (κ1) is 15.7. The molecule has 0 amide bonds. The first-order valence-corrected chi connectivity index (χ1v) is 9.74. The van der Waals surface area contributed by atoms with E-state index < -0.39 is 0 Å². The molecule has 2 aromatic carbocycles. The van der Waals surface area contributed by atoms with Crippen molar-refractivity contribution in [3.05, 3.63) is 71.7 Å². The number of fused-ring (bicyclic) bond motifs is 2. The first-order chi connectivity index (χ1) is 12.7. The zero-order valence-corrected chi connectivity index (χ0v) is 15.3. The summed E-state index contributed by atoms with van der Waals surface area (Å²) in [7, 11) is 0. The maximum Gasteiger partial charge on any atom is 0.114 e. The van der Waals surface area contributed by atoms with E-state index >= 15 is 0 Å². The lowest BCUT2D eigenvalue weighted by Gasteiger charge is -2.33. The number of aromatic amines is 1. The molecular formula is C23H25N3. The van der Waals surface area contributed by atoms with Gasteiger partial charge in [0.2, 0.25) is 0 Å². The van der Waals surface area contributed by atoms with Gasteiger partial charge < -0.3 is 9.88 Å². The molecule has 1 N–H and O–H groups in total. The second kappa shape index (κ2) is 6.01. The number of hydrogen-bond donors (Lipinski definition) is 1. The largest absolute Gasteiger partial charge is 0.345 e. The second-order valence-corrected chi connectivity index (χ2v) is 7.77. The molecule has 2 heterocycles. The van der Waals surface area contributed by atoms with E-state index in [0.29, 0.717) is 0 Å². The Morgan fingerprint density at radius 2 is 2.08 bits per heavy atom. The summed E-state index contributed by atoms with van der Waals surface area (Å²) in [5.74, 6) is 2.02. The number of aromatic nitrogens is 2. The van der Waals surface area contributed by atoms with Gasteiger partial charge >= 0.3 is 0 Å². The van der Waals surface area contributed by atoms with Crippen LogP contribution in [0.2, 0.25) is 0 Å². The highest BCUT2D eigenvalue weighted by Crippen LogP contribution is 2.42. The third-order valence-electron chi connectivity index (χ3n) is 5.94. The summed E-state index contributed by atoms with van der Waals surface area (Å²) in [6.45, 7) is 7.73. The lowest BCUT2D eigenvalue weighted by atomic mass is 9.93. The Bertz CT molecular complexity index is 947. The number of rotatable bonds is 4. The molecule has 132 valence electrons. The monoisotopic (exact) mass is 343 g/mol. The van der Waals surface area contributed by atoms with Gasteiger partial charge in [0.05, 0.1) is 11.0 Å². The number of imidazole rings is 1. The van der Waals surface area contributed by atoms with E-state index in [-0.39, 0.29) is 5.92 Å². The average Bonchev–Trinajstić information content (AvgIpc) is 3.44. The van der Waals surface area contributed by atoms with Gasteiger partial charge in [-0.3, -0.25) is 0 Å². The molecule has 0 spiro atoms. The van der Waals surface area contributed by atoms with Gasteiger partial charge in [0.15, 0.2) is 0 Å². The molecule has 1 atom stereocenters. The van der Waals surface area contributed by atoms with Gasteiger partial charge in [-0.25, -0.2) is 4.98 Å². The molecule has 0 radical (unpaired) electrons. The van der Waals surface area contributed by atoms with Crippen LogP contribution in [0.1, 0.15) is 49.1 Å². The number of anilines is 1. The summed E-state index contributed by atoms with van der Waals surface area (Å²) in [6, 6.07) is 15.2. The van der Waals surface area contributed by atoms with E-state index in [2.05, 4.69) is 59.8 Å². The van der Waals surface area contributed by atoms with Gasteiger partial charge in [0.25, 0.3) is 0 Å². The number of H-pyrrole nitrogens is 1. The number of nitrogens with one attached hydrogen (secondary N) is 1. The van der Waals surface area contributed by atoms with Crippen LogP contribution in [0.4, 0.5) is 5.69 Å². The molecule has 0 bridgehead atoms. The molecule has 1 aliphatic carbocycles. The van der Waals surface area contributed by atoms with E-state index in [1.807, 2.05) is 6.07 Å². The fraction of sp³-hybridized carbons (Fsp3) is 0.348. The van der Waals surface area contributed by atoms with Crippen molar-refractivity contribution in [2.75, 3.05) is 11.4 Å². The highest BCUT2D eigenvalue weighted by molar-refractivity contribution is 5.75. The zero-order chi connectivity index (χ0) is 17.7. The molecule has 1 aliphatic heterocycles. The molecule has 1 saturated carbocycles. The van der Waals surface area contributed by atoms with Crippen molar-refractivity contribution in [3.8, 4) is 0 Å².